The molecule has 0 atom stereocenters. The van der Waals surface area contributed by atoms with Gasteiger partial charge in [-0.2, -0.15) is 0 Å². The molecule has 2 bridgehead atoms. The lowest BCUT2D eigenvalue weighted by atomic mass is 9.97. The summed E-state index contributed by atoms with van der Waals surface area (Å²) in [5, 5.41) is 32.7. The molecule has 0 aromatic carbocycles. The molecule has 0 spiro atoms. The van der Waals surface area contributed by atoms with Crippen molar-refractivity contribution in [3.63, 3.8) is 0 Å². The first-order chi connectivity index (χ1) is 20.5. The minimum Gasteiger partial charge on any atom is -0.363 e. The number of thiocarbonyl (C=S) groups is 1. The van der Waals surface area contributed by atoms with E-state index in [0.717, 1.165) is 83.4 Å². The highest BCUT2D eigenvalue weighted by Gasteiger charge is 2.32. The minimum absolute atomic E-state index is 0.00770. The van der Waals surface area contributed by atoms with Crippen LogP contribution in [-0.4, -0.2) is 107 Å². The molecule has 0 aliphatic carbocycles. The van der Waals surface area contributed by atoms with Crippen LogP contribution >= 0.6 is 12.2 Å². The Hall–Kier alpha value is -1.52. The number of unbranched alkanes of at least 4 members (excludes halogenated alkanes) is 10. The number of carbonyl (C=O) groups excluding carboxylic acids is 1. The van der Waals surface area contributed by atoms with Crippen LogP contribution in [0.1, 0.15) is 77.6 Å². The highest BCUT2D eigenvalue weighted by molar-refractivity contribution is 7.80. The summed E-state index contributed by atoms with van der Waals surface area (Å²) in [5.41, 5.74) is -0.648. The fourth-order valence-corrected chi connectivity index (χ4v) is 6.08. The first-order valence-corrected chi connectivity index (χ1v) is 16.9. The van der Waals surface area contributed by atoms with Crippen LogP contribution in [0.2, 0.25) is 0 Å². The van der Waals surface area contributed by atoms with Crippen molar-refractivity contribution in [1.29, 1.82) is 0 Å². The van der Waals surface area contributed by atoms with Gasteiger partial charge in [-0.3, -0.25) is 4.79 Å². The zero-order valence-electron chi connectivity index (χ0n) is 26.4. The van der Waals surface area contributed by atoms with E-state index in [9.17, 15) is 4.79 Å². The van der Waals surface area contributed by atoms with Crippen LogP contribution in [0.4, 0.5) is 0 Å². The Morgan fingerprint density at radius 1 is 0.643 bits per heavy atom. The van der Waals surface area contributed by atoms with Crippen molar-refractivity contribution < 1.29 is 4.79 Å². The van der Waals surface area contributed by atoms with Gasteiger partial charge in [0.15, 0.2) is 5.11 Å². The fourth-order valence-electron chi connectivity index (χ4n) is 5.76. The number of carbonyl (C=O) groups is 1. The molecule has 10 nitrogen and oxygen atoms in total. The Balaban J connectivity index is 1.78. The molecule has 3 rings (SSSR count). The van der Waals surface area contributed by atoms with Crippen molar-refractivity contribution in [3.05, 3.63) is 0 Å². The van der Waals surface area contributed by atoms with Gasteiger partial charge < -0.3 is 47.9 Å². The highest BCUT2D eigenvalue weighted by Crippen LogP contribution is 2.11. The number of amides is 1. The van der Waals surface area contributed by atoms with Crippen molar-refractivity contribution in [2.75, 3.05) is 85.1 Å². The summed E-state index contributed by atoms with van der Waals surface area (Å²) >= 11 is 5.79. The Morgan fingerprint density at radius 3 is 1.38 bits per heavy atom. The first kappa shape index (κ1) is 36.7. The lowest BCUT2D eigenvalue weighted by Crippen LogP contribution is -2.68. The summed E-state index contributed by atoms with van der Waals surface area (Å²) in [5.74, 6) is 2.72. The standard InChI is InChI=1S/C31H61N9OS/c1-3-4-5-6-7-8-9-10-11-12-13-14-15-38-29(42)40-31-25-35-19-16-32-22-30(39-28(2)41,23-33-17-20-36-26-31)24-34-18-21-37-27-31/h1,32-37H,4-27H2,2H3,(H,39,41)(H2,38,40,42). The van der Waals surface area contributed by atoms with Crippen molar-refractivity contribution >= 4 is 23.2 Å². The third-order valence-corrected chi connectivity index (χ3v) is 8.32. The van der Waals surface area contributed by atoms with Crippen LogP contribution < -0.4 is 47.9 Å². The molecule has 1 amide bonds. The van der Waals surface area contributed by atoms with Gasteiger partial charge in [-0.15, -0.1) is 12.3 Å². The van der Waals surface area contributed by atoms with E-state index in [0.29, 0.717) is 19.6 Å². The average molecular weight is 608 g/mol. The number of hydrogen-bond donors (Lipinski definition) is 9. The molecule has 3 fully saturated rings. The van der Waals surface area contributed by atoms with Crippen molar-refractivity contribution in [2.24, 2.45) is 0 Å². The van der Waals surface area contributed by atoms with Gasteiger partial charge in [0.2, 0.25) is 5.91 Å². The number of nitrogens with one attached hydrogen (secondary N) is 9. The summed E-state index contributed by atoms with van der Waals surface area (Å²) in [6.07, 6.45) is 19.1. The van der Waals surface area contributed by atoms with E-state index < -0.39 is 0 Å². The van der Waals surface area contributed by atoms with Crippen LogP contribution in [-0.2, 0) is 4.79 Å². The number of rotatable bonds is 14. The van der Waals surface area contributed by atoms with Gasteiger partial charge in [-0.25, -0.2) is 0 Å². The molecule has 3 aliphatic heterocycles. The Labute approximate surface area is 261 Å². The van der Waals surface area contributed by atoms with Crippen LogP contribution in [0.15, 0.2) is 0 Å². The van der Waals surface area contributed by atoms with E-state index in [2.05, 4.69) is 53.8 Å². The van der Waals surface area contributed by atoms with Crippen LogP contribution in [0, 0.1) is 12.3 Å². The van der Waals surface area contributed by atoms with Gasteiger partial charge in [0, 0.05) is 98.4 Å². The van der Waals surface area contributed by atoms with Gasteiger partial charge in [0.1, 0.15) is 0 Å². The van der Waals surface area contributed by atoms with Crippen molar-refractivity contribution in [2.45, 2.75) is 88.6 Å². The second kappa shape index (κ2) is 22.9. The molecule has 11 heteroatoms. The van der Waals surface area contributed by atoms with E-state index in [1.54, 1.807) is 6.92 Å². The SMILES string of the molecule is C#CCCCCCCCCCCCCNC(=S)NC12CNCCNCC(NC(C)=O)(CNCCNC1)CNCCNC2. The highest BCUT2D eigenvalue weighted by atomic mass is 32.1. The van der Waals surface area contributed by atoms with Gasteiger partial charge in [0.25, 0.3) is 0 Å². The number of fused-ring (bicyclic) bond motifs is 15. The maximum absolute atomic E-state index is 12.0. The lowest BCUT2D eigenvalue weighted by Gasteiger charge is -2.39. The molecule has 0 aromatic rings. The molecule has 3 heterocycles. The van der Waals surface area contributed by atoms with E-state index in [-0.39, 0.29) is 17.0 Å². The molecule has 9 N–H and O–H groups in total. The van der Waals surface area contributed by atoms with Crippen molar-refractivity contribution in [3.8, 4) is 12.3 Å². The molecule has 3 saturated heterocycles. The quantitative estimate of drug-likeness (QED) is 0.0786. The molecule has 0 unspecified atom stereocenters. The molecule has 0 radical (unpaired) electrons. The van der Waals surface area contributed by atoms with Gasteiger partial charge >= 0.3 is 0 Å². The largest absolute Gasteiger partial charge is 0.363 e. The monoisotopic (exact) mass is 607 g/mol. The fraction of sp³-hybridized carbons (Fsp3) is 0.871. The molecule has 3 aliphatic rings. The number of hydrogen-bond acceptors (Lipinski definition) is 8. The predicted octanol–water partition coefficient (Wildman–Crippen LogP) is 0.553. The molecule has 0 aromatic heterocycles. The zero-order chi connectivity index (χ0) is 30.2. The molecular formula is C31H61N9OS. The summed E-state index contributed by atoms with van der Waals surface area (Å²) < 4.78 is 0. The third kappa shape index (κ3) is 16.9. The van der Waals surface area contributed by atoms with Gasteiger partial charge in [-0.1, -0.05) is 51.4 Å². The molecular weight excluding hydrogens is 546 g/mol. The molecule has 42 heavy (non-hydrogen) atoms. The first-order valence-electron chi connectivity index (χ1n) is 16.5. The second-order valence-corrected chi connectivity index (χ2v) is 12.6. The normalized spacial score (nSPS) is 24.6. The van der Waals surface area contributed by atoms with Crippen LogP contribution in [0.5, 0.6) is 0 Å². The van der Waals surface area contributed by atoms with E-state index in [1.165, 1.54) is 57.8 Å². The summed E-state index contributed by atoms with van der Waals surface area (Å²) in [4.78, 5) is 12.0. The van der Waals surface area contributed by atoms with Gasteiger partial charge in [-0.05, 0) is 25.1 Å². The number of terminal acetylenes is 1. The Bertz CT molecular complexity index is 732. The molecule has 242 valence electrons. The third-order valence-electron chi connectivity index (χ3n) is 8.07. The van der Waals surface area contributed by atoms with E-state index >= 15 is 0 Å². The average Bonchev–Trinajstić information content (AvgIpc) is 2.96. The van der Waals surface area contributed by atoms with E-state index in [4.69, 9.17) is 18.6 Å². The van der Waals surface area contributed by atoms with E-state index in [1.807, 2.05) is 0 Å². The zero-order valence-corrected chi connectivity index (χ0v) is 27.2. The van der Waals surface area contributed by atoms with Crippen LogP contribution in [0.25, 0.3) is 0 Å². The lowest BCUT2D eigenvalue weighted by molar-refractivity contribution is -0.120. The summed E-state index contributed by atoms with van der Waals surface area (Å²) in [6, 6.07) is 0. The minimum atomic E-state index is -0.383. The topological polar surface area (TPSA) is 125 Å². The Morgan fingerprint density at radius 2 is 1.00 bits per heavy atom. The summed E-state index contributed by atoms with van der Waals surface area (Å²) in [7, 11) is 0. The molecule has 0 saturated carbocycles. The second-order valence-electron chi connectivity index (χ2n) is 12.2. The van der Waals surface area contributed by atoms with Gasteiger partial charge in [0.05, 0.1) is 11.1 Å². The smallest absolute Gasteiger partial charge is 0.217 e. The summed E-state index contributed by atoms with van der Waals surface area (Å²) in [6.45, 7) is 11.8. The Kier molecular flexibility index (Phi) is 20.0. The maximum Gasteiger partial charge on any atom is 0.217 e. The van der Waals surface area contributed by atoms with Crippen molar-refractivity contribution in [1.82, 2.24) is 47.9 Å². The van der Waals surface area contributed by atoms with Crippen LogP contribution in [0.3, 0.4) is 0 Å². The predicted molar refractivity (Wildman–Crippen MR) is 180 cm³/mol. The maximum atomic E-state index is 12.0.